The minimum Gasteiger partial charge on any atom is -0.378 e. The third-order valence-corrected chi connectivity index (χ3v) is 7.88. The molecule has 5 heterocycles. The lowest BCUT2D eigenvalue weighted by Gasteiger charge is -2.17. The number of urea groups is 1. The molecule has 0 bridgehead atoms. The molecule has 2 saturated carbocycles. The summed E-state index contributed by atoms with van der Waals surface area (Å²) in [6.45, 7) is 2.32. The largest absolute Gasteiger partial charge is 0.378 e. The zero-order valence-corrected chi connectivity index (χ0v) is 22.7. The summed E-state index contributed by atoms with van der Waals surface area (Å²) in [4.78, 5) is 58.3. The van der Waals surface area contributed by atoms with Crippen LogP contribution in [0, 0.1) is 12.8 Å². The van der Waals surface area contributed by atoms with E-state index >= 15 is 0 Å². The molecule has 2 atom stereocenters. The third-order valence-electron chi connectivity index (χ3n) is 7.88. The maximum absolute atomic E-state index is 12.8. The molecule has 2 N–H and O–H groups in total. The Hall–Kier alpha value is -4.87. The van der Waals surface area contributed by atoms with E-state index in [1.165, 1.54) is 11.9 Å². The van der Waals surface area contributed by atoms with Gasteiger partial charge in [0.2, 0.25) is 11.8 Å². The molecule has 1 saturated heterocycles. The highest BCUT2D eigenvalue weighted by molar-refractivity contribution is 6.13. The van der Waals surface area contributed by atoms with E-state index in [2.05, 4.69) is 31.8 Å². The van der Waals surface area contributed by atoms with Gasteiger partial charge in [0, 0.05) is 43.2 Å². The minimum atomic E-state index is -0.346. The molecule has 208 valence electrons. The van der Waals surface area contributed by atoms with Crippen LogP contribution in [0.3, 0.4) is 0 Å². The number of nitrogens with zero attached hydrogens (tertiary/aromatic N) is 7. The number of hydrogen-bond acceptors (Lipinski definition) is 8. The first-order valence-corrected chi connectivity index (χ1v) is 13.7. The highest BCUT2D eigenvalue weighted by Gasteiger charge is 2.46. The van der Waals surface area contributed by atoms with Gasteiger partial charge in [-0.2, -0.15) is 0 Å². The Morgan fingerprint density at radius 1 is 1.10 bits per heavy atom. The fraction of sp³-hybridized carbons (Fsp3) is 0.345. The topological polar surface area (TPSA) is 138 Å². The van der Waals surface area contributed by atoms with E-state index in [-0.39, 0.29) is 36.2 Å². The van der Waals surface area contributed by atoms with E-state index in [1.807, 2.05) is 35.7 Å². The number of amides is 4. The maximum Gasteiger partial charge on any atom is 0.331 e. The van der Waals surface area contributed by atoms with E-state index in [0.717, 1.165) is 46.8 Å². The first-order valence-electron chi connectivity index (χ1n) is 13.7. The van der Waals surface area contributed by atoms with Crippen molar-refractivity contribution in [2.45, 2.75) is 44.6 Å². The lowest BCUT2D eigenvalue weighted by atomic mass is 10.1. The summed E-state index contributed by atoms with van der Waals surface area (Å²) in [5, 5.41) is 6.30. The van der Waals surface area contributed by atoms with Crippen molar-refractivity contribution in [3.05, 3.63) is 72.0 Å². The van der Waals surface area contributed by atoms with Crippen molar-refractivity contribution in [1.29, 1.82) is 0 Å². The van der Waals surface area contributed by atoms with Crippen LogP contribution in [0.5, 0.6) is 0 Å². The van der Waals surface area contributed by atoms with Gasteiger partial charge in [-0.1, -0.05) is 0 Å². The summed E-state index contributed by atoms with van der Waals surface area (Å²) in [7, 11) is 1.50. The number of imidazole rings is 1. The van der Waals surface area contributed by atoms with E-state index < -0.39 is 0 Å². The number of imide groups is 1. The SMILES string of the molecule is Cc1ccnc(C2CC2C(=O)Nc2cncc(NCc3cn4cc(C5CC5)cc(N5CC(=O)N(C)C5=O)c4n3)c2)n1. The Kier molecular flexibility index (Phi) is 5.91. The van der Waals surface area contributed by atoms with E-state index in [0.29, 0.717) is 35.3 Å². The molecule has 4 aromatic heterocycles. The first kappa shape index (κ1) is 25.1. The predicted octanol–water partition coefficient (Wildman–Crippen LogP) is 3.46. The average Bonchev–Trinajstić information content (AvgIpc) is 3.89. The standard InChI is InChI=1S/C29H29N9O3/c1-16-5-6-31-26(33-16)22-9-23(22)28(40)35-20-8-19(10-30-11-20)32-12-21-14-37-13-18(17-3-4-17)7-24(27(37)34-21)38-15-25(39)36(2)29(38)41/h5-8,10-11,13-14,17,22-23,32H,3-4,9,12,15H2,1-2H3,(H,35,40). The van der Waals surface area contributed by atoms with Gasteiger partial charge >= 0.3 is 6.03 Å². The molecule has 41 heavy (non-hydrogen) atoms. The molecular weight excluding hydrogens is 522 g/mol. The number of hydrogen-bond donors (Lipinski definition) is 2. The zero-order valence-electron chi connectivity index (χ0n) is 22.7. The van der Waals surface area contributed by atoms with Gasteiger partial charge in [-0.05, 0) is 55.9 Å². The van der Waals surface area contributed by atoms with Gasteiger partial charge in [-0.25, -0.2) is 19.7 Å². The van der Waals surface area contributed by atoms with Crippen LogP contribution in [0.25, 0.3) is 5.65 Å². The molecule has 2 unspecified atom stereocenters. The number of carbonyl (C=O) groups excluding carboxylic acids is 3. The summed E-state index contributed by atoms with van der Waals surface area (Å²) in [6.07, 6.45) is 12.0. The molecule has 12 nitrogen and oxygen atoms in total. The number of fused-ring (bicyclic) bond motifs is 1. The quantitative estimate of drug-likeness (QED) is 0.318. The Morgan fingerprint density at radius 2 is 1.93 bits per heavy atom. The van der Waals surface area contributed by atoms with Gasteiger partial charge in [0.25, 0.3) is 0 Å². The second kappa shape index (κ2) is 9.65. The number of anilines is 3. The molecule has 3 aliphatic rings. The Bertz CT molecular complexity index is 1710. The number of pyridine rings is 2. The molecule has 4 amide bonds. The Labute approximate surface area is 235 Å². The number of likely N-dealkylation sites (N-methyl/N-ethyl adjacent to an activating group) is 1. The highest BCUT2D eigenvalue weighted by Crippen LogP contribution is 2.46. The second-order valence-corrected chi connectivity index (χ2v) is 11.0. The lowest BCUT2D eigenvalue weighted by Crippen LogP contribution is -2.30. The Balaban J connectivity index is 1.05. The van der Waals surface area contributed by atoms with Crippen LogP contribution in [0.1, 0.15) is 53.9 Å². The summed E-state index contributed by atoms with van der Waals surface area (Å²) in [5.41, 5.74) is 5.39. The molecule has 12 heteroatoms. The fourth-order valence-electron chi connectivity index (χ4n) is 5.31. The van der Waals surface area contributed by atoms with Crippen molar-refractivity contribution >= 4 is 40.6 Å². The summed E-state index contributed by atoms with van der Waals surface area (Å²) in [6, 6.07) is 5.33. The summed E-state index contributed by atoms with van der Waals surface area (Å²) >= 11 is 0. The van der Waals surface area contributed by atoms with Gasteiger partial charge < -0.3 is 15.0 Å². The Morgan fingerprint density at radius 3 is 2.68 bits per heavy atom. The average molecular weight is 552 g/mol. The normalized spacial score (nSPS) is 20.1. The van der Waals surface area contributed by atoms with Crippen molar-refractivity contribution in [1.82, 2.24) is 29.2 Å². The van der Waals surface area contributed by atoms with Crippen LogP contribution in [0.4, 0.5) is 21.9 Å². The third kappa shape index (κ3) is 4.85. The minimum absolute atomic E-state index is 0.00333. The van der Waals surface area contributed by atoms with Crippen molar-refractivity contribution in [2.24, 2.45) is 5.92 Å². The fourth-order valence-corrected chi connectivity index (χ4v) is 5.31. The van der Waals surface area contributed by atoms with E-state index in [9.17, 15) is 14.4 Å². The van der Waals surface area contributed by atoms with Gasteiger partial charge in [-0.3, -0.25) is 24.4 Å². The number of aryl methyl sites for hydroxylation is 1. The summed E-state index contributed by atoms with van der Waals surface area (Å²) in [5.74, 6) is 0.758. The molecule has 2 aliphatic carbocycles. The van der Waals surface area contributed by atoms with Gasteiger partial charge in [0.15, 0.2) is 5.65 Å². The van der Waals surface area contributed by atoms with Crippen LogP contribution in [0.2, 0.25) is 0 Å². The van der Waals surface area contributed by atoms with Crippen molar-refractivity contribution in [3.63, 3.8) is 0 Å². The predicted molar refractivity (Wildman–Crippen MR) is 150 cm³/mol. The maximum atomic E-state index is 12.8. The van der Waals surface area contributed by atoms with E-state index in [4.69, 9.17) is 4.98 Å². The van der Waals surface area contributed by atoms with Gasteiger partial charge in [-0.15, -0.1) is 0 Å². The van der Waals surface area contributed by atoms with Crippen LogP contribution >= 0.6 is 0 Å². The molecule has 7 rings (SSSR count). The molecule has 4 aromatic rings. The summed E-state index contributed by atoms with van der Waals surface area (Å²) < 4.78 is 1.94. The molecular formula is C29H29N9O3. The van der Waals surface area contributed by atoms with Gasteiger partial charge in [0.05, 0.1) is 41.7 Å². The zero-order chi connectivity index (χ0) is 28.2. The molecule has 0 spiro atoms. The number of carbonyl (C=O) groups is 3. The molecule has 3 fully saturated rings. The monoisotopic (exact) mass is 551 g/mol. The van der Waals surface area contributed by atoms with Gasteiger partial charge in [0.1, 0.15) is 12.4 Å². The van der Waals surface area contributed by atoms with E-state index in [1.54, 1.807) is 18.6 Å². The smallest absolute Gasteiger partial charge is 0.331 e. The second-order valence-electron chi connectivity index (χ2n) is 11.0. The molecule has 0 aromatic carbocycles. The number of nitrogens with one attached hydrogen (secondary N) is 2. The van der Waals surface area contributed by atoms with Crippen molar-refractivity contribution in [3.8, 4) is 0 Å². The van der Waals surface area contributed by atoms with Crippen molar-refractivity contribution < 1.29 is 14.4 Å². The van der Waals surface area contributed by atoms with Crippen LogP contribution in [-0.4, -0.2) is 60.7 Å². The van der Waals surface area contributed by atoms with Crippen LogP contribution in [0.15, 0.2) is 49.2 Å². The molecule has 0 radical (unpaired) electrons. The number of aromatic nitrogens is 5. The van der Waals surface area contributed by atoms with Crippen LogP contribution < -0.4 is 15.5 Å². The van der Waals surface area contributed by atoms with Crippen molar-refractivity contribution in [2.75, 3.05) is 29.1 Å². The molecule has 1 aliphatic heterocycles. The highest BCUT2D eigenvalue weighted by atomic mass is 16.2. The first-order chi connectivity index (χ1) is 19.8. The van der Waals surface area contributed by atoms with Crippen LogP contribution in [-0.2, 0) is 16.1 Å². The number of rotatable bonds is 8. The lowest BCUT2D eigenvalue weighted by molar-refractivity contribution is -0.124.